The fraction of sp³-hybridized carbons (Fsp3) is 0.917. The Balaban J connectivity index is 3.43. The Morgan fingerprint density at radius 2 is 1.14 bits per heavy atom. The van der Waals surface area contributed by atoms with Crippen molar-refractivity contribution in [2.45, 2.75) is 136 Å². The predicted octanol–water partition coefficient (Wildman–Crippen LogP) is 7.13. The normalized spacial score (nSPS) is 12.0. The summed E-state index contributed by atoms with van der Waals surface area (Å²) in [7, 11) is 0. The molecule has 0 aromatic heterocycles. The lowest BCUT2D eigenvalue weighted by Gasteiger charge is -2.13. The van der Waals surface area contributed by atoms with Crippen molar-refractivity contribution < 1.29 is 19.1 Å². The Bertz CT molecular complexity index is 368. The van der Waals surface area contributed by atoms with Gasteiger partial charge in [-0.1, -0.05) is 84.5 Å². The molecule has 4 heteroatoms. The van der Waals surface area contributed by atoms with Crippen LogP contribution < -0.4 is 0 Å². The summed E-state index contributed by atoms with van der Waals surface area (Å²) in [6.45, 7) is 6.88. The summed E-state index contributed by atoms with van der Waals surface area (Å²) in [5, 5.41) is 0. The first kappa shape index (κ1) is 26.9. The second kappa shape index (κ2) is 20.7. The van der Waals surface area contributed by atoms with Crippen molar-refractivity contribution in [2.24, 2.45) is 0 Å². The molecule has 0 bridgehead atoms. The van der Waals surface area contributed by atoms with E-state index in [2.05, 4.69) is 13.8 Å². The summed E-state index contributed by atoms with van der Waals surface area (Å²) in [5.74, 6) is -0.394. The standard InChI is InChI=1S/C24H46O4/c1-4-6-8-10-11-12-13-14-16-21-27-23(25)19-17-20-24(26)28-22(3)18-15-9-7-5-2/h22H,4-21H2,1-3H3. The molecule has 1 atom stereocenters. The van der Waals surface area contributed by atoms with E-state index in [1.54, 1.807) is 0 Å². The highest BCUT2D eigenvalue weighted by Crippen LogP contribution is 2.11. The second-order valence-corrected chi connectivity index (χ2v) is 8.05. The van der Waals surface area contributed by atoms with Crippen molar-refractivity contribution in [2.75, 3.05) is 6.61 Å². The average molecular weight is 399 g/mol. The first-order valence-corrected chi connectivity index (χ1v) is 11.9. The van der Waals surface area contributed by atoms with Crippen LogP contribution in [0.25, 0.3) is 0 Å². The van der Waals surface area contributed by atoms with Crippen molar-refractivity contribution >= 4 is 11.9 Å². The molecule has 0 radical (unpaired) electrons. The molecule has 0 aliphatic carbocycles. The highest BCUT2D eigenvalue weighted by molar-refractivity contribution is 5.72. The van der Waals surface area contributed by atoms with E-state index >= 15 is 0 Å². The maximum atomic E-state index is 11.8. The maximum absolute atomic E-state index is 11.8. The van der Waals surface area contributed by atoms with Crippen LogP contribution in [0, 0.1) is 0 Å². The van der Waals surface area contributed by atoms with Crippen LogP contribution in [0.2, 0.25) is 0 Å². The maximum Gasteiger partial charge on any atom is 0.306 e. The summed E-state index contributed by atoms with van der Waals surface area (Å²) >= 11 is 0. The van der Waals surface area contributed by atoms with Crippen LogP contribution in [0.3, 0.4) is 0 Å². The van der Waals surface area contributed by atoms with Crippen LogP contribution in [-0.4, -0.2) is 24.6 Å². The smallest absolute Gasteiger partial charge is 0.306 e. The molecule has 28 heavy (non-hydrogen) atoms. The minimum Gasteiger partial charge on any atom is -0.466 e. The van der Waals surface area contributed by atoms with E-state index in [9.17, 15) is 9.59 Å². The van der Waals surface area contributed by atoms with Crippen LogP contribution in [0.15, 0.2) is 0 Å². The van der Waals surface area contributed by atoms with Gasteiger partial charge < -0.3 is 9.47 Å². The van der Waals surface area contributed by atoms with Gasteiger partial charge in [0, 0.05) is 12.8 Å². The van der Waals surface area contributed by atoms with Gasteiger partial charge in [0.25, 0.3) is 0 Å². The highest BCUT2D eigenvalue weighted by Gasteiger charge is 2.11. The summed E-state index contributed by atoms with van der Waals surface area (Å²) < 4.78 is 10.6. The molecule has 4 nitrogen and oxygen atoms in total. The van der Waals surface area contributed by atoms with Crippen LogP contribution in [0.4, 0.5) is 0 Å². The Labute approximate surface area is 174 Å². The molecule has 0 heterocycles. The highest BCUT2D eigenvalue weighted by atomic mass is 16.5. The summed E-state index contributed by atoms with van der Waals surface area (Å²) in [4.78, 5) is 23.5. The number of carbonyl (C=O) groups excluding carboxylic acids is 2. The zero-order chi connectivity index (χ0) is 20.9. The van der Waals surface area contributed by atoms with Crippen molar-refractivity contribution in [3.05, 3.63) is 0 Å². The fourth-order valence-corrected chi connectivity index (χ4v) is 3.25. The van der Waals surface area contributed by atoms with Crippen molar-refractivity contribution in [1.82, 2.24) is 0 Å². The van der Waals surface area contributed by atoms with E-state index in [-0.39, 0.29) is 18.0 Å². The van der Waals surface area contributed by atoms with Gasteiger partial charge in [0.1, 0.15) is 0 Å². The zero-order valence-electron chi connectivity index (χ0n) is 18.9. The van der Waals surface area contributed by atoms with E-state index in [0.717, 1.165) is 25.7 Å². The number of carbonyl (C=O) groups is 2. The molecule has 0 spiro atoms. The summed E-state index contributed by atoms with van der Waals surface area (Å²) in [6.07, 6.45) is 18.0. The van der Waals surface area contributed by atoms with E-state index in [1.807, 2.05) is 6.92 Å². The van der Waals surface area contributed by atoms with Crippen LogP contribution >= 0.6 is 0 Å². The molecule has 0 N–H and O–H groups in total. The minimum atomic E-state index is -0.199. The molecule has 0 amide bonds. The molecule has 1 unspecified atom stereocenters. The van der Waals surface area contributed by atoms with E-state index in [0.29, 0.717) is 25.9 Å². The number of esters is 2. The molecule has 0 saturated heterocycles. The van der Waals surface area contributed by atoms with Crippen LogP contribution in [0.1, 0.15) is 130 Å². The van der Waals surface area contributed by atoms with Gasteiger partial charge in [-0.15, -0.1) is 0 Å². The molecular formula is C24H46O4. The number of hydrogen-bond acceptors (Lipinski definition) is 4. The van der Waals surface area contributed by atoms with Gasteiger partial charge in [0.05, 0.1) is 12.7 Å². The Morgan fingerprint density at radius 3 is 1.75 bits per heavy atom. The van der Waals surface area contributed by atoms with Crippen LogP contribution in [0.5, 0.6) is 0 Å². The number of rotatable bonds is 20. The van der Waals surface area contributed by atoms with Crippen molar-refractivity contribution in [3.8, 4) is 0 Å². The monoisotopic (exact) mass is 398 g/mol. The quantitative estimate of drug-likeness (QED) is 0.162. The van der Waals surface area contributed by atoms with Gasteiger partial charge in [-0.25, -0.2) is 0 Å². The van der Waals surface area contributed by atoms with Gasteiger partial charge in [0.2, 0.25) is 0 Å². The topological polar surface area (TPSA) is 52.6 Å². The summed E-state index contributed by atoms with van der Waals surface area (Å²) in [5.41, 5.74) is 0. The Hall–Kier alpha value is -1.06. The van der Waals surface area contributed by atoms with E-state index < -0.39 is 0 Å². The molecule has 0 saturated carbocycles. The molecule has 0 aliphatic heterocycles. The average Bonchev–Trinajstić information content (AvgIpc) is 2.66. The first-order chi connectivity index (χ1) is 13.6. The molecule has 0 aliphatic rings. The molecule has 0 aromatic rings. The molecule has 166 valence electrons. The second-order valence-electron chi connectivity index (χ2n) is 8.05. The third-order valence-corrected chi connectivity index (χ3v) is 5.07. The molecular weight excluding hydrogens is 352 g/mol. The summed E-state index contributed by atoms with van der Waals surface area (Å²) in [6, 6.07) is 0. The molecule has 0 rings (SSSR count). The Kier molecular flexibility index (Phi) is 19.9. The van der Waals surface area contributed by atoms with Gasteiger partial charge in [-0.2, -0.15) is 0 Å². The first-order valence-electron chi connectivity index (χ1n) is 11.9. The van der Waals surface area contributed by atoms with E-state index in [4.69, 9.17) is 9.47 Å². The van der Waals surface area contributed by atoms with Gasteiger partial charge in [-0.05, 0) is 32.6 Å². The van der Waals surface area contributed by atoms with Crippen molar-refractivity contribution in [1.29, 1.82) is 0 Å². The van der Waals surface area contributed by atoms with Gasteiger partial charge in [-0.3, -0.25) is 9.59 Å². The zero-order valence-corrected chi connectivity index (χ0v) is 18.9. The van der Waals surface area contributed by atoms with E-state index in [1.165, 1.54) is 64.2 Å². The predicted molar refractivity (Wildman–Crippen MR) is 116 cm³/mol. The lowest BCUT2D eigenvalue weighted by atomic mass is 10.1. The lowest BCUT2D eigenvalue weighted by molar-refractivity contribution is -0.149. The van der Waals surface area contributed by atoms with Gasteiger partial charge in [0.15, 0.2) is 0 Å². The number of unbranched alkanes of at least 4 members (excludes halogenated alkanes) is 11. The fourth-order valence-electron chi connectivity index (χ4n) is 3.25. The lowest BCUT2D eigenvalue weighted by Crippen LogP contribution is -2.15. The SMILES string of the molecule is CCCCCCCCCCCOC(=O)CCCC(=O)OC(C)CCCCCC. The minimum absolute atomic E-state index is 0.0250. The third kappa shape index (κ3) is 19.7. The largest absolute Gasteiger partial charge is 0.466 e. The Morgan fingerprint density at radius 1 is 0.643 bits per heavy atom. The van der Waals surface area contributed by atoms with Crippen LogP contribution in [-0.2, 0) is 19.1 Å². The van der Waals surface area contributed by atoms with Gasteiger partial charge >= 0.3 is 11.9 Å². The number of ether oxygens (including phenoxy) is 2. The number of hydrogen-bond donors (Lipinski definition) is 0. The molecule has 0 fully saturated rings. The third-order valence-electron chi connectivity index (χ3n) is 5.07. The van der Waals surface area contributed by atoms with Crippen molar-refractivity contribution in [3.63, 3.8) is 0 Å². The molecule has 0 aromatic carbocycles.